The number of nitrogens with one attached hydrogen (secondary N) is 4. The first kappa shape index (κ1) is 29.9. The third kappa shape index (κ3) is 5.22. The highest BCUT2D eigenvalue weighted by molar-refractivity contribution is 6.11. The van der Waals surface area contributed by atoms with Gasteiger partial charge >= 0.3 is 0 Å². The van der Waals surface area contributed by atoms with Gasteiger partial charge in [0.15, 0.2) is 0 Å². The van der Waals surface area contributed by atoms with E-state index in [0.717, 1.165) is 77.3 Å². The molecule has 10 rings (SSSR count). The summed E-state index contributed by atoms with van der Waals surface area (Å²) in [6.45, 7) is 1.84. The Balaban J connectivity index is 0.000000137. The van der Waals surface area contributed by atoms with E-state index in [1.54, 1.807) is 31.0 Å². The maximum Gasteiger partial charge on any atom is 0.252 e. The van der Waals surface area contributed by atoms with Gasteiger partial charge in [0.25, 0.3) is 5.56 Å². The fraction of sp³-hybridized carbons (Fsp3) is 0.0244. The summed E-state index contributed by atoms with van der Waals surface area (Å²) < 4.78 is 10.8. The summed E-state index contributed by atoms with van der Waals surface area (Å²) in [5.74, 6) is 1.11. The predicted octanol–water partition coefficient (Wildman–Crippen LogP) is 8.97. The van der Waals surface area contributed by atoms with Crippen molar-refractivity contribution in [2.45, 2.75) is 6.92 Å². The molecule has 6 aromatic heterocycles. The molecule has 10 nitrogen and oxygen atoms in total. The van der Waals surface area contributed by atoms with Crippen molar-refractivity contribution in [2.24, 2.45) is 0 Å². The lowest BCUT2D eigenvalue weighted by atomic mass is 9.98. The van der Waals surface area contributed by atoms with Gasteiger partial charge in [0.2, 0.25) is 17.3 Å². The number of para-hydroxylation sites is 2. The first-order chi connectivity index (χ1) is 25.0. The Kier molecular flexibility index (Phi) is 7.06. The molecule has 4 aromatic carbocycles. The van der Waals surface area contributed by atoms with Crippen LogP contribution in [-0.4, -0.2) is 29.9 Å². The molecule has 0 saturated heterocycles. The molecular weight excluding hydrogens is 640 g/mol. The number of oxazole rings is 2. The van der Waals surface area contributed by atoms with E-state index in [0.29, 0.717) is 17.3 Å². The summed E-state index contributed by atoms with van der Waals surface area (Å²) in [5.41, 5.74) is 11.3. The molecule has 4 N–H and O–H groups in total. The van der Waals surface area contributed by atoms with Gasteiger partial charge in [-0.25, -0.2) is 9.97 Å². The summed E-state index contributed by atoms with van der Waals surface area (Å²) >= 11 is 0. The zero-order chi connectivity index (χ0) is 34.5. The number of aromatic amines is 4. The smallest absolute Gasteiger partial charge is 0.252 e. The average molecular weight is 669 g/mol. The van der Waals surface area contributed by atoms with Crippen LogP contribution in [0.3, 0.4) is 0 Å². The Hall–Kier alpha value is -7.20. The Bertz CT molecular complexity index is 2980. The van der Waals surface area contributed by atoms with Crippen LogP contribution in [0.4, 0.5) is 0 Å². The molecular formula is C41H28N6O4. The standard InChI is InChI=1S/C21H15N3O2.C20H13N3O2/c1-12-17(13-5-4-6-14(11-13)21-22-9-10-26-21)19-18(24-20(12)25)15-7-2-3-8-16(15)23-19;24-17-11-15(12-4-3-5-13(10-12)20-21-8-9-25-20)19-18(23-17)14-6-1-2-7-16(14)22-19/h2-11,23H,1H3,(H,24,25);1-11,22H,(H,23,24). The van der Waals surface area contributed by atoms with Gasteiger partial charge in [-0.2, -0.15) is 0 Å². The molecule has 10 aromatic rings. The van der Waals surface area contributed by atoms with E-state index in [9.17, 15) is 9.59 Å². The first-order valence-corrected chi connectivity index (χ1v) is 16.3. The van der Waals surface area contributed by atoms with Crippen LogP contribution in [0.2, 0.25) is 0 Å². The number of hydrogen-bond donors (Lipinski definition) is 4. The Morgan fingerprint density at radius 3 is 1.71 bits per heavy atom. The molecule has 0 spiro atoms. The van der Waals surface area contributed by atoms with Crippen molar-refractivity contribution < 1.29 is 8.83 Å². The van der Waals surface area contributed by atoms with Crippen molar-refractivity contribution in [2.75, 3.05) is 0 Å². The zero-order valence-electron chi connectivity index (χ0n) is 27.2. The molecule has 0 amide bonds. The number of nitrogens with zero attached hydrogens (tertiary/aromatic N) is 2. The average Bonchev–Trinajstić information content (AvgIpc) is 3.99. The molecule has 0 aliphatic rings. The molecule has 0 atom stereocenters. The van der Waals surface area contributed by atoms with Crippen LogP contribution in [0, 0.1) is 6.92 Å². The van der Waals surface area contributed by atoms with E-state index in [4.69, 9.17) is 8.83 Å². The molecule has 51 heavy (non-hydrogen) atoms. The zero-order valence-corrected chi connectivity index (χ0v) is 27.2. The monoisotopic (exact) mass is 668 g/mol. The van der Waals surface area contributed by atoms with E-state index in [-0.39, 0.29) is 11.1 Å². The predicted molar refractivity (Wildman–Crippen MR) is 199 cm³/mol. The molecule has 0 unspecified atom stereocenters. The van der Waals surface area contributed by atoms with Crippen LogP contribution in [0.15, 0.2) is 146 Å². The van der Waals surface area contributed by atoms with E-state index in [1.807, 2.05) is 104 Å². The van der Waals surface area contributed by atoms with Crippen LogP contribution in [-0.2, 0) is 0 Å². The van der Waals surface area contributed by atoms with Crippen molar-refractivity contribution in [1.29, 1.82) is 0 Å². The molecule has 0 aliphatic heterocycles. The minimum Gasteiger partial charge on any atom is -0.445 e. The van der Waals surface area contributed by atoms with Crippen LogP contribution >= 0.6 is 0 Å². The largest absolute Gasteiger partial charge is 0.445 e. The number of hydrogen-bond acceptors (Lipinski definition) is 6. The van der Waals surface area contributed by atoms with Crippen molar-refractivity contribution in [3.05, 3.63) is 154 Å². The molecule has 246 valence electrons. The molecule has 0 fully saturated rings. The molecule has 6 heterocycles. The van der Waals surface area contributed by atoms with Crippen molar-refractivity contribution in [1.82, 2.24) is 29.9 Å². The number of benzene rings is 4. The van der Waals surface area contributed by atoms with Gasteiger partial charge < -0.3 is 28.8 Å². The van der Waals surface area contributed by atoms with E-state index in [2.05, 4.69) is 29.9 Å². The van der Waals surface area contributed by atoms with Crippen molar-refractivity contribution in [3.8, 4) is 45.2 Å². The van der Waals surface area contributed by atoms with Gasteiger partial charge in [-0.3, -0.25) is 9.59 Å². The lowest BCUT2D eigenvalue weighted by molar-refractivity contribution is 0.574. The van der Waals surface area contributed by atoms with Gasteiger partial charge in [0, 0.05) is 55.7 Å². The fourth-order valence-electron chi connectivity index (χ4n) is 6.75. The van der Waals surface area contributed by atoms with Crippen LogP contribution in [0.25, 0.3) is 89.0 Å². The second kappa shape index (κ2) is 12.0. The van der Waals surface area contributed by atoms with Gasteiger partial charge in [-0.1, -0.05) is 60.7 Å². The maximum atomic E-state index is 12.6. The molecule has 0 bridgehead atoms. The maximum absolute atomic E-state index is 12.6. The summed E-state index contributed by atoms with van der Waals surface area (Å²) in [5, 5.41) is 2.00. The van der Waals surface area contributed by atoms with Crippen LogP contribution < -0.4 is 11.1 Å². The number of H-pyrrole nitrogens is 4. The first-order valence-electron chi connectivity index (χ1n) is 16.3. The third-order valence-corrected chi connectivity index (χ3v) is 9.09. The summed E-state index contributed by atoms with van der Waals surface area (Å²) in [7, 11) is 0. The molecule has 0 aliphatic carbocycles. The van der Waals surface area contributed by atoms with Gasteiger partial charge in [0.1, 0.15) is 12.5 Å². The van der Waals surface area contributed by atoms with E-state index in [1.165, 1.54) is 0 Å². The quantitative estimate of drug-likeness (QED) is 0.147. The number of rotatable bonds is 4. The summed E-state index contributed by atoms with van der Waals surface area (Å²) in [6.07, 6.45) is 6.34. The van der Waals surface area contributed by atoms with Crippen LogP contribution in [0.1, 0.15) is 5.56 Å². The molecule has 10 heteroatoms. The Morgan fingerprint density at radius 1 is 0.529 bits per heavy atom. The highest BCUT2D eigenvalue weighted by Crippen LogP contribution is 2.35. The second-order valence-electron chi connectivity index (χ2n) is 12.2. The van der Waals surface area contributed by atoms with Gasteiger partial charge in [-0.15, -0.1) is 0 Å². The highest BCUT2D eigenvalue weighted by atomic mass is 16.3. The van der Waals surface area contributed by atoms with E-state index < -0.39 is 0 Å². The summed E-state index contributed by atoms with van der Waals surface area (Å²) in [6, 6.07) is 33.2. The minimum atomic E-state index is -0.131. The highest BCUT2D eigenvalue weighted by Gasteiger charge is 2.17. The number of aromatic nitrogens is 6. The van der Waals surface area contributed by atoms with Gasteiger partial charge in [0.05, 0.1) is 34.5 Å². The van der Waals surface area contributed by atoms with Crippen molar-refractivity contribution in [3.63, 3.8) is 0 Å². The topological polar surface area (TPSA) is 149 Å². The van der Waals surface area contributed by atoms with Crippen molar-refractivity contribution >= 4 is 43.9 Å². The number of fused-ring (bicyclic) bond motifs is 6. The SMILES string of the molecule is Cc1c(-c2cccc(-c3ncco3)c2)c2[nH]c3ccccc3c2[nH]c1=O.O=c1cc(-c2cccc(-c3ncco3)c2)c2[nH]c3ccccc3c2[nH]1. The normalized spacial score (nSPS) is 11.4. The van der Waals surface area contributed by atoms with Gasteiger partial charge in [-0.05, 0) is 54.4 Å². The Labute approximate surface area is 288 Å². The molecule has 0 saturated carbocycles. The second-order valence-corrected chi connectivity index (χ2v) is 12.2. The Morgan fingerprint density at radius 2 is 1.08 bits per heavy atom. The lowest BCUT2D eigenvalue weighted by Crippen LogP contribution is -2.10. The lowest BCUT2D eigenvalue weighted by Gasteiger charge is -2.08. The molecule has 0 radical (unpaired) electrons. The van der Waals surface area contributed by atoms with E-state index >= 15 is 0 Å². The summed E-state index contributed by atoms with van der Waals surface area (Å²) in [4.78, 5) is 46.1. The number of pyridine rings is 2. The van der Waals surface area contributed by atoms with Crippen LogP contribution in [0.5, 0.6) is 0 Å². The third-order valence-electron chi connectivity index (χ3n) is 9.09. The minimum absolute atomic E-state index is 0.0845. The fourth-order valence-corrected chi connectivity index (χ4v) is 6.75.